The van der Waals surface area contributed by atoms with Gasteiger partial charge in [-0.15, -0.1) is 0 Å². The molecular formula is C22H26N2O2. The Morgan fingerprint density at radius 1 is 1.04 bits per heavy atom. The maximum Gasteiger partial charge on any atom is 0.234 e. The van der Waals surface area contributed by atoms with Crippen LogP contribution in [-0.4, -0.2) is 36.5 Å². The Labute approximate surface area is 155 Å². The van der Waals surface area contributed by atoms with Crippen LogP contribution in [0.1, 0.15) is 36.4 Å². The van der Waals surface area contributed by atoms with Gasteiger partial charge in [-0.05, 0) is 48.9 Å². The van der Waals surface area contributed by atoms with E-state index in [1.807, 2.05) is 30.3 Å². The number of amides is 1. The highest BCUT2D eigenvalue weighted by Gasteiger charge is 2.38. The molecule has 1 atom stereocenters. The van der Waals surface area contributed by atoms with Crippen molar-refractivity contribution in [1.82, 2.24) is 10.2 Å². The van der Waals surface area contributed by atoms with Crippen LogP contribution in [-0.2, 0) is 11.2 Å². The molecule has 2 aliphatic rings. The van der Waals surface area contributed by atoms with E-state index in [2.05, 4.69) is 34.5 Å². The Hall–Kier alpha value is -2.33. The van der Waals surface area contributed by atoms with E-state index in [-0.39, 0.29) is 5.91 Å². The molecule has 1 amide bonds. The SMILES string of the molecule is O=C(CN(C1CC1)C1CCc2ccccc21)NCCOc1ccccc1. The summed E-state index contributed by atoms with van der Waals surface area (Å²) in [4.78, 5) is 14.9. The van der Waals surface area contributed by atoms with E-state index in [0.29, 0.717) is 31.8 Å². The number of hydrogen-bond acceptors (Lipinski definition) is 3. The van der Waals surface area contributed by atoms with Crippen molar-refractivity contribution in [3.63, 3.8) is 0 Å². The van der Waals surface area contributed by atoms with Gasteiger partial charge in [0.2, 0.25) is 5.91 Å². The topological polar surface area (TPSA) is 41.6 Å². The van der Waals surface area contributed by atoms with Gasteiger partial charge in [0.1, 0.15) is 12.4 Å². The first-order chi connectivity index (χ1) is 12.8. The second-order valence-electron chi connectivity index (χ2n) is 7.17. The van der Waals surface area contributed by atoms with Crippen molar-refractivity contribution in [3.05, 3.63) is 65.7 Å². The molecule has 0 aliphatic heterocycles. The number of carbonyl (C=O) groups excluding carboxylic acids is 1. The lowest BCUT2D eigenvalue weighted by Crippen LogP contribution is -2.41. The zero-order chi connectivity index (χ0) is 17.8. The maximum atomic E-state index is 12.5. The first-order valence-electron chi connectivity index (χ1n) is 9.59. The van der Waals surface area contributed by atoms with E-state index < -0.39 is 0 Å². The number of nitrogens with one attached hydrogen (secondary N) is 1. The fourth-order valence-electron chi connectivity index (χ4n) is 3.88. The summed E-state index contributed by atoms with van der Waals surface area (Å²) < 4.78 is 5.64. The van der Waals surface area contributed by atoms with Crippen LogP contribution in [0.4, 0.5) is 0 Å². The predicted octanol–water partition coefficient (Wildman–Crippen LogP) is 3.33. The maximum absolute atomic E-state index is 12.5. The van der Waals surface area contributed by atoms with Crippen molar-refractivity contribution in [3.8, 4) is 5.75 Å². The van der Waals surface area contributed by atoms with Gasteiger partial charge in [-0.1, -0.05) is 42.5 Å². The Bertz CT molecular complexity index is 743. The number of benzene rings is 2. The summed E-state index contributed by atoms with van der Waals surface area (Å²) >= 11 is 0. The summed E-state index contributed by atoms with van der Waals surface area (Å²) in [5.74, 6) is 0.932. The first kappa shape index (κ1) is 17.1. The van der Waals surface area contributed by atoms with Crippen LogP contribution in [0.15, 0.2) is 54.6 Å². The highest BCUT2D eigenvalue weighted by molar-refractivity contribution is 5.78. The summed E-state index contributed by atoms with van der Waals surface area (Å²) in [5.41, 5.74) is 2.86. The molecule has 1 N–H and O–H groups in total. The van der Waals surface area contributed by atoms with Crippen molar-refractivity contribution in [2.24, 2.45) is 0 Å². The Morgan fingerprint density at radius 3 is 2.62 bits per heavy atom. The molecule has 4 rings (SSSR count). The van der Waals surface area contributed by atoms with Crippen molar-refractivity contribution in [2.45, 2.75) is 37.8 Å². The zero-order valence-corrected chi connectivity index (χ0v) is 15.1. The molecule has 2 aliphatic carbocycles. The molecule has 0 spiro atoms. The van der Waals surface area contributed by atoms with Gasteiger partial charge in [0, 0.05) is 12.1 Å². The van der Waals surface area contributed by atoms with Gasteiger partial charge in [0.25, 0.3) is 0 Å². The summed E-state index contributed by atoms with van der Waals surface area (Å²) in [5, 5.41) is 3.01. The fraction of sp³-hybridized carbons (Fsp3) is 0.409. The van der Waals surface area contributed by atoms with Gasteiger partial charge >= 0.3 is 0 Å². The minimum Gasteiger partial charge on any atom is -0.492 e. The van der Waals surface area contributed by atoms with Crippen molar-refractivity contribution in [1.29, 1.82) is 0 Å². The molecule has 4 heteroatoms. The van der Waals surface area contributed by atoms with Crippen molar-refractivity contribution in [2.75, 3.05) is 19.7 Å². The molecule has 1 fully saturated rings. The van der Waals surface area contributed by atoms with E-state index in [0.717, 1.165) is 18.6 Å². The number of aryl methyl sites for hydroxylation is 1. The van der Waals surface area contributed by atoms with Crippen LogP contribution in [0.25, 0.3) is 0 Å². The Morgan fingerprint density at radius 2 is 1.81 bits per heavy atom. The minimum atomic E-state index is 0.0953. The second-order valence-corrected chi connectivity index (χ2v) is 7.17. The zero-order valence-electron chi connectivity index (χ0n) is 15.1. The lowest BCUT2D eigenvalue weighted by Gasteiger charge is -2.29. The van der Waals surface area contributed by atoms with Crippen molar-refractivity contribution < 1.29 is 9.53 Å². The molecule has 2 aromatic carbocycles. The smallest absolute Gasteiger partial charge is 0.234 e. The van der Waals surface area contributed by atoms with Gasteiger partial charge in [-0.25, -0.2) is 0 Å². The molecule has 0 saturated heterocycles. The summed E-state index contributed by atoms with van der Waals surface area (Å²) in [6.07, 6.45) is 4.67. The third-order valence-electron chi connectivity index (χ3n) is 5.28. The third-order valence-corrected chi connectivity index (χ3v) is 5.28. The number of para-hydroxylation sites is 1. The predicted molar refractivity (Wildman–Crippen MR) is 102 cm³/mol. The quantitative estimate of drug-likeness (QED) is 0.743. The molecule has 1 saturated carbocycles. The number of rotatable bonds is 8. The lowest BCUT2D eigenvalue weighted by atomic mass is 10.1. The summed E-state index contributed by atoms with van der Waals surface area (Å²) in [6, 6.07) is 19.3. The first-order valence-corrected chi connectivity index (χ1v) is 9.59. The number of hydrogen-bond donors (Lipinski definition) is 1. The number of fused-ring (bicyclic) bond motifs is 1. The van der Waals surface area contributed by atoms with Crippen LogP contribution in [0.3, 0.4) is 0 Å². The standard InChI is InChI=1S/C22H26N2O2/c25-22(23-14-15-26-19-7-2-1-3-8-19)16-24(18-11-12-18)21-13-10-17-6-4-5-9-20(17)21/h1-9,18,21H,10-16H2,(H,23,25). The highest BCUT2D eigenvalue weighted by atomic mass is 16.5. The Balaban J connectivity index is 1.28. The molecule has 4 nitrogen and oxygen atoms in total. The molecule has 0 radical (unpaired) electrons. The second kappa shape index (κ2) is 7.92. The van der Waals surface area contributed by atoms with Crippen LogP contribution in [0.5, 0.6) is 5.75 Å². The number of carbonyl (C=O) groups is 1. The van der Waals surface area contributed by atoms with Gasteiger partial charge in [-0.3, -0.25) is 9.69 Å². The monoisotopic (exact) mass is 350 g/mol. The average Bonchev–Trinajstić information content (AvgIpc) is 3.43. The van der Waals surface area contributed by atoms with Gasteiger partial charge in [0.05, 0.1) is 13.1 Å². The molecule has 2 aromatic rings. The molecule has 1 unspecified atom stereocenters. The fourth-order valence-corrected chi connectivity index (χ4v) is 3.88. The van der Waals surface area contributed by atoms with Gasteiger partial charge in [0.15, 0.2) is 0 Å². The average molecular weight is 350 g/mol. The van der Waals surface area contributed by atoms with Crippen LogP contribution < -0.4 is 10.1 Å². The largest absolute Gasteiger partial charge is 0.492 e. The van der Waals surface area contributed by atoms with Crippen molar-refractivity contribution >= 4 is 5.91 Å². The van der Waals surface area contributed by atoms with Gasteiger partial charge < -0.3 is 10.1 Å². The van der Waals surface area contributed by atoms with E-state index in [1.54, 1.807) is 0 Å². The Kier molecular flexibility index (Phi) is 5.21. The van der Waals surface area contributed by atoms with E-state index >= 15 is 0 Å². The third kappa shape index (κ3) is 4.07. The van der Waals surface area contributed by atoms with E-state index in [4.69, 9.17) is 4.74 Å². The molecule has 0 aromatic heterocycles. The van der Waals surface area contributed by atoms with Crippen LogP contribution in [0, 0.1) is 0 Å². The molecule has 0 bridgehead atoms. The molecular weight excluding hydrogens is 324 g/mol. The van der Waals surface area contributed by atoms with E-state index in [9.17, 15) is 4.79 Å². The number of nitrogens with zero attached hydrogens (tertiary/aromatic N) is 1. The number of ether oxygens (including phenoxy) is 1. The minimum absolute atomic E-state index is 0.0953. The van der Waals surface area contributed by atoms with Crippen LogP contribution >= 0.6 is 0 Å². The summed E-state index contributed by atoms with van der Waals surface area (Å²) in [6.45, 7) is 1.51. The summed E-state index contributed by atoms with van der Waals surface area (Å²) in [7, 11) is 0. The highest BCUT2D eigenvalue weighted by Crippen LogP contribution is 2.41. The lowest BCUT2D eigenvalue weighted by molar-refractivity contribution is -0.123. The van der Waals surface area contributed by atoms with E-state index in [1.165, 1.54) is 24.0 Å². The van der Waals surface area contributed by atoms with Crippen LogP contribution in [0.2, 0.25) is 0 Å². The van der Waals surface area contributed by atoms with Gasteiger partial charge in [-0.2, -0.15) is 0 Å². The molecule has 136 valence electrons. The molecule has 26 heavy (non-hydrogen) atoms. The molecule has 0 heterocycles. The normalized spacial score (nSPS) is 18.6.